The van der Waals surface area contributed by atoms with E-state index < -0.39 is 23.7 Å². The predicted molar refractivity (Wildman–Crippen MR) is 75.8 cm³/mol. The van der Waals surface area contributed by atoms with Gasteiger partial charge < -0.3 is 15.2 Å². The minimum Gasteiger partial charge on any atom is -0.480 e. The van der Waals surface area contributed by atoms with Crippen LogP contribution in [0.25, 0.3) is 0 Å². The van der Waals surface area contributed by atoms with Crippen LogP contribution in [0.1, 0.15) is 39.4 Å². The van der Waals surface area contributed by atoms with Crippen molar-refractivity contribution in [2.45, 2.75) is 51.7 Å². The van der Waals surface area contributed by atoms with Crippen molar-refractivity contribution >= 4 is 12.1 Å². The van der Waals surface area contributed by atoms with E-state index in [2.05, 4.69) is 15.3 Å². The number of nitrogens with one attached hydrogen (secondary N) is 1. The topological polar surface area (TPSA) is 101 Å². The first-order chi connectivity index (χ1) is 9.78. The van der Waals surface area contributed by atoms with E-state index in [-0.39, 0.29) is 6.42 Å². The van der Waals surface area contributed by atoms with Gasteiger partial charge >= 0.3 is 12.1 Å². The fourth-order valence-electron chi connectivity index (χ4n) is 1.63. The molecular formula is C14H21N3O4. The van der Waals surface area contributed by atoms with Crippen molar-refractivity contribution in [1.29, 1.82) is 0 Å². The van der Waals surface area contributed by atoms with Crippen LogP contribution < -0.4 is 5.32 Å². The number of ether oxygens (including phenoxy) is 1. The average Bonchev–Trinajstić information content (AvgIpc) is 2.36. The number of carbonyl (C=O) groups is 2. The molecule has 1 unspecified atom stereocenters. The van der Waals surface area contributed by atoms with Gasteiger partial charge in [0, 0.05) is 18.8 Å². The van der Waals surface area contributed by atoms with Crippen molar-refractivity contribution < 1.29 is 19.4 Å². The molecule has 1 rings (SSSR count). The van der Waals surface area contributed by atoms with E-state index >= 15 is 0 Å². The normalized spacial score (nSPS) is 12.5. The van der Waals surface area contributed by atoms with E-state index in [0.717, 1.165) is 0 Å². The maximum atomic E-state index is 11.6. The van der Waals surface area contributed by atoms with Crippen LogP contribution in [0.3, 0.4) is 0 Å². The SMILES string of the molecule is CC(C)(C)OC(=O)NC(CCCc1ncccn1)C(=O)O. The largest absolute Gasteiger partial charge is 0.480 e. The Hall–Kier alpha value is -2.18. The van der Waals surface area contributed by atoms with Crippen molar-refractivity contribution in [3.63, 3.8) is 0 Å². The molecule has 2 N–H and O–H groups in total. The predicted octanol–water partition coefficient (Wildman–Crippen LogP) is 1.78. The fourth-order valence-corrected chi connectivity index (χ4v) is 1.63. The second kappa shape index (κ2) is 7.56. The number of hydrogen-bond donors (Lipinski definition) is 2. The van der Waals surface area contributed by atoms with Gasteiger partial charge in [-0.15, -0.1) is 0 Å². The van der Waals surface area contributed by atoms with Crippen molar-refractivity contribution in [1.82, 2.24) is 15.3 Å². The standard InChI is InChI=1S/C14H21N3O4/c1-14(2,3)21-13(20)17-10(12(18)19)6-4-7-11-15-8-5-9-16-11/h5,8-10H,4,6-7H2,1-3H3,(H,17,20)(H,18,19). The Morgan fingerprint density at radius 1 is 1.33 bits per heavy atom. The fraction of sp³-hybridized carbons (Fsp3) is 0.571. The molecule has 0 saturated carbocycles. The summed E-state index contributed by atoms with van der Waals surface area (Å²) in [7, 11) is 0. The van der Waals surface area contributed by atoms with Gasteiger partial charge in [-0.05, 0) is 39.7 Å². The number of carboxylic acids is 1. The molecule has 1 aromatic rings. The van der Waals surface area contributed by atoms with Crippen molar-refractivity contribution in [2.24, 2.45) is 0 Å². The van der Waals surface area contributed by atoms with E-state index in [1.807, 2.05) is 0 Å². The lowest BCUT2D eigenvalue weighted by Crippen LogP contribution is -2.43. The van der Waals surface area contributed by atoms with Crippen LogP contribution in [-0.4, -0.2) is 38.8 Å². The maximum absolute atomic E-state index is 11.6. The van der Waals surface area contributed by atoms with Gasteiger partial charge in [0.1, 0.15) is 17.5 Å². The quantitative estimate of drug-likeness (QED) is 0.829. The summed E-state index contributed by atoms with van der Waals surface area (Å²) in [4.78, 5) is 30.8. The molecule has 0 bridgehead atoms. The van der Waals surface area contributed by atoms with Gasteiger partial charge in [-0.25, -0.2) is 19.6 Å². The summed E-state index contributed by atoms with van der Waals surface area (Å²) in [5.74, 6) is -0.436. The Labute approximate surface area is 123 Å². The molecule has 0 radical (unpaired) electrons. The molecule has 7 heteroatoms. The third-order valence-corrected chi connectivity index (χ3v) is 2.50. The molecular weight excluding hydrogens is 274 g/mol. The minimum absolute atomic E-state index is 0.285. The second-order valence-electron chi connectivity index (χ2n) is 5.59. The third-order valence-electron chi connectivity index (χ3n) is 2.50. The second-order valence-corrected chi connectivity index (χ2v) is 5.59. The number of carboxylic acid groups (broad SMARTS) is 1. The average molecular weight is 295 g/mol. The first kappa shape index (κ1) is 16.9. The lowest BCUT2D eigenvalue weighted by atomic mass is 10.1. The van der Waals surface area contributed by atoms with Gasteiger partial charge in [-0.1, -0.05) is 0 Å². The zero-order valence-corrected chi connectivity index (χ0v) is 12.5. The number of rotatable bonds is 6. The summed E-state index contributed by atoms with van der Waals surface area (Å²) in [6.45, 7) is 5.15. The molecule has 0 aliphatic rings. The molecule has 7 nitrogen and oxygen atoms in total. The highest BCUT2D eigenvalue weighted by Gasteiger charge is 2.23. The van der Waals surface area contributed by atoms with Gasteiger partial charge in [0.25, 0.3) is 0 Å². The summed E-state index contributed by atoms with van der Waals surface area (Å²) in [5.41, 5.74) is -0.662. The number of aryl methyl sites for hydroxylation is 1. The lowest BCUT2D eigenvalue weighted by Gasteiger charge is -2.21. The van der Waals surface area contributed by atoms with E-state index in [0.29, 0.717) is 18.7 Å². The van der Waals surface area contributed by atoms with Gasteiger partial charge in [0.15, 0.2) is 0 Å². The highest BCUT2D eigenvalue weighted by molar-refractivity contribution is 5.79. The monoisotopic (exact) mass is 295 g/mol. The summed E-state index contributed by atoms with van der Waals surface area (Å²) in [6.07, 6.45) is 3.93. The molecule has 0 saturated heterocycles. The maximum Gasteiger partial charge on any atom is 0.408 e. The first-order valence-corrected chi connectivity index (χ1v) is 6.76. The van der Waals surface area contributed by atoms with Crippen LogP contribution in [0.15, 0.2) is 18.5 Å². The Morgan fingerprint density at radius 2 is 1.95 bits per heavy atom. The van der Waals surface area contributed by atoms with Gasteiger partial charge in [-0.2, -0.15) is 0 Å². The van der Waals surface area contributed by atoms with Crippen molar-refractivity contribution in [3.8, 4) is 0 Å². The van der Waals surface area contributed by atoms with Gasteiger partial charge in [0.2, 0.25) is 0 Å². The molecule has 1 atom stereocenters. The molecule has 0 fully saturated rings. The molecule has 0 spiro atoms. The number of aromatic nitrogens is 2. The number of hydrogen-bond acceptors (Lipinski definition) is 5. The van der Waals surface area contributed by atoms with Gasteiger partial charge in [-0.3, -0.25) is 0 Å². The summed E-state index contributed by atoms with van der Waals surface area (Å²) >= 11 is 0. The van der Waals surface area contributed by atoms with Gasteiger partial charge in [0.05, 0.1) is 0 Å². The molecule has 0 aliphatic heterocycles. The lowest BCUT2D eigenvalue weighted by molar-refractivity contribution is -0.139. The molecule has 1 heterocycles. The third kappa shape index (κ3) is 7.24. The van der Waals surface area contributed by atoms with Crippen LogP contribution in [0.5, 0.6) is 0 Å². The first-order valence-electron chi connectivity index (χ1n) is 6.76. The van der Waals surface area contributed by atoms with E-state index in [1.54, 1.807) is 39.2 Å². The number of aliphatic carboxylic acids is 1. The minimum atomic E-state index is -1.09. The number of amides is 1. The van der Waals surface area contributed by atoms with E-state index in [9.17, 15) is 9.59 Å². The van der Waals surface area contributed by atoms with Crippen molar-refractivity contribution in [2.75, 3.05) is 0 Å². The smallest absolute Gasteiger partial charge is 0.408 e. The number of alkyl carbamates (subject to hydrolysis) is 1. The molecule has 0 aliphatic carbocycles. The van der Waals surface area contributed by atoms with Crippen LogP contribution in [0.2, 0.25) is 0 Å². The summed E-state index contributed by atoms with van der Waals surface area (Å²) in [6, 6.07) is 0.733. The number of carbonyl (C=O) groups excluding carboxylic acids is 1. The summed E-state index contributed by atoms with van der Waals surface area (Å²) < 4.78 is 5.04. The highest BCUT2D eigenvalue weighted by atomic mass is 16.6. The van der Waals surface area contributed by atoms with E-state index in [1.165, 1.54) is 0 Å². The van der Waals surface area contributed by atoms with Crippen LogP contribution >= 0.6 is 0 Å². The van der Waals surface area contributed by atoms with Crippen LogP contribution in [0.4, 0.5) is 4.79 Å². The van der Waals surface area contributed by atoms with E-state index in [4.69, 9.17) is 9.84 Å². The molecule has 1 aromatic heterocycles. The molecule has 0 aromatic carbocycles. The molecule has 1 amide bonds. The Kier molecular flexibility index (Phi) is 6.08. The van der Waals surface area contributed by atoms with Crippen LogP contribution in [0, 0.1) is 0 Å². The zero-order chi connectivity index (χ0) is 15.9. The zero-order valence-electron chi connectivity index (χ0n) is 12.5. The molecule has 21 heavy (non-hydrogen) atoms. The summed E-state index contributed by atoms with van der Waals surface area (Å²) in [5, 5.41) is 11.5. The Morgan fingerprint density at radius 3 is 2.48 bits per heavy atom. The van der Waals surface area contributed by atoms with Crippen molar-refractivity contribution in [3.05, 3.63) is 24.3 Å². The number of nitrogens with zero attached hydrogens (tertiary/aromatic N) is 2. The van der Waals surface area contributed by atoms with Crippen LogP contribution in [-0.2, 0) is 16.0 Å². The Balaban J connectivity index is 2.43. The highest BCUT2D eigenvalue weighted by Crippen LogP contribution is 2.08. The molecule has 116 valence electrons. The Bertz CT molecular complexity index is 471.